The molecular formula is C20H25N3O5. The van der Waals surface area contributed by atoms with Crippen LogP contribution in [0.2, 0.25) is 0 Å². The fraction of sp³-hybridized carbons (Fsp3) is 0.500. The zero-order valence-electron chi connectivity index (χ0n) is 16.2. The van der Waals surface area contributed by atoms with Gasteiger partial charge in [0.2, 0.25) is 17.6 Å². The van der Waals surface area contributed by atoms with Crippen molar-refractivity contribution in [2.45, 2.75) is 32.6 Å². The van der Waals surface area contributed by atoms with Crippen LogP contribution in [0.3, 0.4) is 0 Å². The number of aromatic nitrogens is 2. The molecule has 0 atom stereocenters. The summed E-state index contributed by atoms with van der Waals surface area (Å²) >= 11 is 0. The largest absolute Gasteiger partial charge is 0.497 e. The molecule has 3 rings (SSSR count). The van der Waals surface area contributed by atoms with E-state index in [4.69, 9.17) is 14.0 Å². The molecule has 1 aliphatic heterocycles. The van der Waals surface area contributed by atoms with E-state index in [-0.39, 0.29) is 17.8 Å². The second-order valence-electron chi connectivity index (χ2n) is 6.65. The van der Waals surface area contributed by atoms with Gasteiger partial charge in [-0.2, -0.15) is 4.98 Å². The molecule has 1 aromatic heterocycles. The van der Waals surface area contributed by atoms with E-state index in [0.29, 0.717) is 62.8 Å². The number of carbonyl (C=O) groups is 2. The molecular weight excluding hydrogens is 362 g/mol. The number of ether oxygens (including phenoxy) is 2. The van der Waals surface area contributed by atoms with Crippen molar-refractivity contribution in [3.05, 3.63) is 30.2 Å². The van der Waals surface area contributed by atoms with Crippen molar-refractivity contribution in [2.75, 3.05) is 26.8 Å². The Kier molecular flexibility index (Phi) is 6.62. The van der Waals surface area contributed by atoms with Gasteiger partial charge in [0.05, 0.1) is 19.6 Å². The molecule has 0 spiro atoms. The van der Waals surface area contributed by atoms with Gasteiger partial charge in [0.15, 0.2) is 0 Å². The Hall–Kier alpha value is -2.90. The number of aryl methyl sites for hydroxylation is 1. The molecule has 0 unspecified atom stereocenters. The predicted octanol–water partition coefficient (Wildman–Crippen LogP) is 2.48. The molecule has 1 saturated heterocycles. The van der Waals surface area contributed by atoms with Crippen molar-refractivity contribution in [1.29, 1.82) is 0 Å². The van der Waals surface area contributed by atoms with Crippen LogP contribution < -0.4 is 4.74 Å². The van der Waals surface area contributed by atoms with Crippen LogP contribution in [0.5, 0.6) is 5.75 Å². The van der Waals surface area contributed by atoms with E-state index >= 15 is 0 Å². The third-order valence-corrected chi connectivity index (χ3v) is 4.82. The van der Waals surface area contributed by atoms with E-state index in [0.717, 1.165) is 5.56 Å². The minimum absolute atomic E-state index is 0.0310. The number of methoxy groups -OCH3 is 1. The lowest BCUT2D eigenvalue weighted by Crippen LogP contribution is -2.40. The minimum atomic E-state index is -0.162. The zero-order valence-corrected chi connectivity index (χ0v) is 16.2. The highest BCUT2D eigenvalue weighted by Crippen LogP contribution is 2.22. The summed E-state index contributed by atoms with van der Waals surface area (Å²) in [5, 5.41) is 3.98. The lowest BCUT2D eigenvalue weighted by Gasteiger charge is -2.30. The molecule has 8 heteroatoms. The maximum Gasteiger partial charge on any atom is 0.309 e. The summed E-state index contributed by atoms with van der Waals surface area (Å²) in [5.74, 6) is 1.37. The number of amides is 1. The molecule has 1 aromatic carbocycles. The van der Waals surface area contributed by atoms with Gasteiger partial charge >= 0.3 is 5.97 Å². The van der Waals surface area contributed by atoms with E-state index in [1.807, 2.05) is 24.3 Å². The first-order chi connectivity index (χ1) is 13.6. The molecule has 1 aliphatic rings. The standard InChI is InChI=1S/C20H25N3O5/c1-3-27-20(25)14-9-11-23(12-10-14)18(24)8-7-17-21-19(22-28-17)15-5-4-6-16(13-15)26-2/h4-6,13-14H,3,7-12H2,1-2H3. The quantitative estimate of drug-likeness (QED) is 0.674. The number of hydrogen-bond acceptors (Lipinski definition) is 7. The first kappa shape index (κ1) is 19.9. The molecule has 0 bridgehead atoms. The van der Waals surface area contributed by atoms with Gasteiger partial charge in [0.1, 0.15) is 5.75 Å². The lowest BCUT2D eigenvalue weighted by molar-refractivity contribution is -0.151. The fourth-order valence-corrected chi connectivity index (χ4v) is 3.23. The minimum Gasteiger partial charge on any atom is -0.497 e. The number of hydrogen-bond donors (Lipinski definition) is 0. The lowest BCUT2D eigenvalue weighted by atomic mass is 9.97. The van der Waals surface area contributed by atoms with Crippen molar-refractivity contribution < 1.29 is 23.6 Å². The number of nitrogens with zero attached hydrogens (tertiary/aromatic N) is 3. The smallest absolute Gasteiger partial charge is 0.309 e. The van der Waals surface area contributed by atoms with Gasteiger partial charge in [-0.1, -0.05) is 17.3 Å². The van der Waals surface area contributed by atoms with E-state index in [1.165, 1.54) is 0 Å². The third kappa shape index (κ3) is 4.88. The molecule has 8 nitrogen and oxygen atoms in total. The highest BCUT2D eigenvalue weighted by atomic mass is 16.5. The van der Waals surface area contributed by atoms with Gasteiger partial charge in [0.25, 0.3) is 0 Å². The van der Waals surface area contributed by atoms with Gasteiger partial charge in [-0.15, -0.1) is 0 Å². The molecule has 0 saturated carbocycles. The second-order valence-corrected chi connectivity index (χ2v) is 6.65. The fourth-order valence-electron chi connectivity index (χ4n) is 3.23. The Balaban J connectivity index is 1.49. The number of esters is 1. The number of piperidine rings is 1. The monoisotopic (exact) mass is 387 g/mol. The van der Waals surface area contributed by atoms with Crippen LogP contribution in [0.4, 0.5) is 0 Å². The summed E-state index contributed by atoms with van der Waals surface area (Å²) in [5.41, 5.74) is 0.793. The van der Waals surface area contributed by atoms with E-state index < -0.39 is 0 Å². The van der Waals surface area contributed by atoms with Gasteiger partial charge in [-0.25, -0.2) is 0 Å². The Bertz CT molecular complexity index is 812. The molecule has 150 valence electrons. The highest BCUT2D eigenvalue weighted by Gasteiger charge is 2.28. The van der Waals surface area contributed by atoms with Crippen molar-refractivity contribution >= 4 is 11.9 Å². The molecule has 0 N–H and O–H groups in total. The molecule has 1 amide bonds. The third-order valence-electron chi connectivity index (χ3n) is 4.82. The van der Waals surface area contributed by atoms with Crippen molar-refractivity contribution in [3.63, 3.8) is 0 Å². The van der Waals surface area contributed by atoms with Crippen molar-refractivity contribution in [1.82, 2.24) is 15.0 Å². The summed E-state index contributed by atoms with van der Waals surface area (Å²) in [6.07, 6.45) is 1.97. The summed E-state index contributed by atoms with van der Waals surface area (Å²) in [6, 6.07) is 7.39. The van der Waals surface area contributed by atoms with E-state index in [9.17, 15) is 9.59 Å². The van der Waals surface area contributed by atoms with Gasteiger partial charge in [-0.3, -0.25) is 9.59 Å². The van der Waals surface area contributed by atoms with Crippen LogP contribution in [-0.2, 0) is 20.7 Å². The first-order valence-corrected chi connectivity index (χ1v) is 9.52. The molecule has 1 fully saturated rings. The van der Waals surface area contributed by atoms with Gasteiger partial charge in [0, 0.05) is 31.5 Å². The average molecular weight is 387 g/mol. The van der Waals surface area contributed by atoms with Crippen LogP contribution >= 0.6 is 0 Å². The molecule has 2 heterocycles. The Morgan fingerprint density at radius 2 is 2.07 bits per heavy atom. The first-order valence-electron chi connectivity index (χ1n) is 9.52. The highest BCUT2D eigenvalue weighted by molar-refractivity contribution is 5.77. The molecule has 0 aliphatic carbocycles. The molecule has 28 heavy (non-hydrogen) atoms. The number of benzene rings is 1. The summed E-state index contributed by atoms with van der Waals surface area (Å²) in [7, 11) is 1.60. The summed E-state index contributed by atoms with van der Waals surface area (Å²) in [6.45, 7) is 3.33. The average Bonchev–Trinajstić information content (AvgIpc) is 3.21. The van der Waals surface area contributed by atoms with Crippen LogP contribution in [0.15, 0.2) is 28.8 Å². The second kappa shape index (κ2) is 9.34. The van der Waals surface area contributed by atoms with Crippen LogP contribution in [0.1, 0.15) is 32.1 Å². The van der Waals surface area contributed by atoms with Crippen LogP contribution in [0.25, 0.3) is 11.4 Å². The van der Waals surface area contributed by atoms with Crippen molar-refractivity contribution in [3.8, 4) is 17.1 Å². The van der Waals surface area contributed by atoms with Crippen LogP contribution in [0, 0.1) is 5.92 Å². The Morgan fingerprint density at radius 3 is 2.79 bits per heavy atom. The van der Waals surface area contributed by atoms with Crippen LogP contribution in [-0.4, -0.2) is 53.7 Å². The SMILES string of the molecule is CCOC(=O)C1CCN(C(=O)CCc2nc(-c3cccc(OC)c3)no2)CC1. The summed E-state index contributed by atoms with van der Waals surface area (Å²) < 4.78 is 15.5. The zero-order chi connectivity index (χ0) is 19.9. The van der Waals surface area contributed by atoms with E-state index in [2.05, 4.69) is 10.1 Å². The maximum atomic E-state index is 12.4. The normalized spacial score (nSPS) is 14.7. The molecule has 2 aromatic rings. The van der Waals surface area contributed by atoms with E-state index in [1.54, 1.807) is 18.9 Å². The van der Waals surface area contributed by atoms with Crippen molar-refractivity contribution in [2.24, 2.45) is 5.92 Å². The number of likely N-dealkylation sites (tertiary alicyclic amines) is 1. The summed E-state index contributed by atoms with van der Waals surface area (Å²) in [4.78, 5) is 30.4. The topological polar surface area (TPSA) is 94.8 Å². The Labute approximate surface area is 163 Å². The Morgan fingerprint density at radius 1 is 1.29 bits per heavy atom. The van der Waals surface area contributed by atoms with Gasteiger partial charge < -0.3 is 18.9 Å². The number of carbonyl (C=O) groups excluding carboxylic acids is 2. The maximum absolute atomic E-state index is 12.4. The number of rotatable bonds is 7. The van der Waals surface area contributed by atoms with Gasteiger partial charge in [-0.05, 0) is 31.9 Å². The predicted molar refractivity (Wildman–Crippen MR) is 101 cm³/mol. The molecule has 0 radical (unpaired) electrons.